The third-order valence-electron chi connectivity index (χ3n) is 4.07. The van der Waals surface area contributed by atoms with Crippen molar-refractivity contribution in [2.45, 2.75) is 43.9 Å². The third-order valence-corrected chi connectivity index (χ3v) is 4.07. The first-order valence-electron chi connectivity index (χ1n) is 6.62. The molecule has 1 saturated carbocycles. The minimum atomic E-state index is -3.15. The lowest BCUT2D eigenvalue weighted by atomic mass is 9.75. The first-order valence-corrected chi connectivity index (χ1v) is 6.62. The van der Waals surface area contributed by atoms with Crippen LogP contribution in [0.1, 0.15) is 43.7 Å². The van der Waals surface area contributed by atoms with Crippen LogP contribution in [0.4, 0.5) is 8.78 Å². The number of carbonyl (C=O) groups is 1. The van der Waals surface area contributed by atoms with Gasteiger partial charge in [0, 0.05) is 6.92 Å². The van der Waals surface area contributed by atoms with Crippen LogP contribution < -0.4 is 4.74 Å². The molecule has 1 aliphatic rings. The SMILES string of the molecule is COc1cccc(C2(C(=O)O)CCCC2)c1C(C)(F)F. The average molecular weight is 284 g/mol. The second-order valence-electron chi connectivity index (χ2n) is 5.37. The zero-order valence-electron chi connectivity index (χ0n) is 11.6. The maximum absolute atomic E-state index is 14.0. The Labute approximate surface area is 116 Å². The van der Waals surface area contributed by atoms with Crippen molar-refractivity contribution in [3.63, 3.8) is 0 Å². The number of benzene rings is 1. The fourth-order valence-corrected chi connectivity index (χ4v) is 3.13. The number of carboxylic acids is 1. The molecule has 1 aliphatic carbocycles. The summed E-state index contributed by atoms with van der Waals surface area (Å²) in [6.07, 6.45) is 2.24. The lowest BCUT2D eigenvalue weighted by Crippen LogP contribution is -2.35. The van der Waals surface area contributed by atoms with Crippen LogP contribution in [0.3, 0.4) is 0 Å². The Kier molecular flexibility index (Phi) is 3.71. The molecule has 0 unspecified atom stereocenters. The van der Waals surface area contributed by atoms with Crippen molar-refractivity contribution in [1.29, 1.82) is 0 Å². The van der Waals surface area contributed by atoms with Crippen LogP contribution >= 0.6 is 0 Å². The van der Waals surface area contributed by atoms with Gasteiger partial charge in [-0.3, -0.25) is 4.79 Å². The highest BCUT2D eigenvalue weighted by molar-refractivity contribution is 5.83. The van der Waals surface area contributed by atoms with Crippen LogP contribution in [0.15, 0.2) is 18.2 Å². The van der Waals surface area contributed by atoms with E-state index in [0.29, 0.717) is 12.8 Å². The van der Waals surface area contributed by atoms with Crippen molar-refractivity contribution in [1.82, 2.24) is 0 Å². The zero-order chi connectivity index (χ0) is 15.0. The Morgan fingerprint density at radius 2 is 1.95 bits per heavy atom. The summed E-state index contributed by atoms with van der Waals surface area (Å²) in [6.45, 7) is 0.777. The van der Waals surface area contributed by atoms with Gasteiger partial charge in [0.2, 0.25) is 0 Å². The molecule has 0 atom stereocenters. The molecule has 0 bridgehead atoms. The van der Waals surface area contributed by atoms with E-state index in [9.17, 15) is 18.7 Å². The van der Waals surface area contributed by atoms with Crippen LogP contribution in [0.2, 0.25) is 0 Å². The van der Waals surface area contributed by atoms with Gasteiger partial charge in [0.15, 0.2) is 0 Å². The molecule has 3 nitrogen and oxygen atoms in total. The minimum absolute atomic E-state index is 0.0440. The van der Waals surface area contributed by atoms with Gasteiger partial charge in [0.1, 0.15) is 5.75 Å². The monoisotopic (exact) mass is 284 g/mol. The molecule has 0 heterocycles. The number of aliphatic carboxylic acids is 1. The van der Waals surface area contributed by atoms with Gasteiger partial charge in [-0.1, -0.05) is 25.0 Å². The minimum Gasteiger partial charge on any atom is -0.496 e. The molecule has 20 heavy (non-hydrogen) atoms. The number of halogens is 2. The maximum Gasteiger partial charge on any atom is 0.314 e. The Balaban J connectivity index is 2.70. The number of carboxylic acid groups (broad SMARTS) is 1. The van der Waals surface area contributed by atoms with Gasteiger partial charge >= 0.3 is 5.97 Å². The molecule has 0 aromatic heterocycles. The van der Waals surface area contributed by atoms with E-state index in [1.807, 2.05) is 0 Å². The molecule has 0 saturated heterocycles. The van der Waals surface area contributed by atoms with Gasteiger partial charge in [-0.15, -0.1) is 0 Å². The molecular weight excluding hydrogens is 266 g/mol. The van der Waals surface area contributed by atoms with Gasteiger partial charge in [0.05, 0.1) is 18.1 Å². The van der Waals surface area contributed by atoms with E-state index in [1.165, 1.54) is 19.2 Å². The van der Waals surface area contributed by atoms with E-state index in [2.05, 4.69) is 0 Å². The van der Waals surface area contributed by atoms with Gasteiger partial charge in [0.25, 0.3) is 5.92 Å². The predicted molar refractivity (Wildman–Crippen MR) is 70.3 cm³/mol. The molecule has 0 radical (unpaired) electrons. The fraction of sp³-hybridized carbons (Fsp3) is 0.533. The highest BCUT2D eigenvalue weighted by Crippen LogP contribution is 2.48. The zero-order valence-corrected chi connectivity index (χ0v) is 11.6. The highest BCUT2D eigenvalue weighted by Gasteiger charge is 2.47. The summed E-state index contributed by atoms with van der Waals surface area (Å²) in [5.41, 5.74) is -1.33. The Morgan fingerprint density at radius 1 is 1.35 bits per heavy atom. The molecule has 1 fully saturated rings. The summed E-state index contributed by atoms with van der Waals surface area (Å²) >= 11 is 0. The van der Waals surface area contributed by atoms with Crippen molar-refractivity contribution in [3.05, 3.63) is 29.3 Å². The van der Waals surface area contributed by atoms with Crippen LogP contribution in [-0.4, -0.2) is 18.2 Å². The molecule has 0 amide bonds. The van der Waals surface area contributed by atoms with Crippen LogP contribution in [0.5, 0.6) is 5.75 Å². The van der Waals surface area contributed by atoms with Crippen molar-refractivity contribution < 1.29 is 23.4 Å². The molecule has 1 aromatic carbocycles. The van der Waals surface area contributed by atoms with Gasteiger partial charge in [-0.25, -0.2) is 8.78 Å². The number of hydrogen-bond donors (Lipinski definition) is 1. The summed E-state index contributed by atoms with van der Waals surface area (Å²) in [7, 11) is 1.32. The van der Waals surface area contributed by atoms with E-state index in [4.69, 9.17) is 4.74 Å². The normalized spacial score (nSPS) is 18.0. The molecule has 110 valence electrons. The fourth-order valence-electron chi connectivity index (χ4n) is 3.13. The van der Waals surface area contributed by atoms with E-state index < -0.39 is 17.3 Å². The summed E-state index contributed by atoms with van der Waals surface area (Å²) in [6, 6.07) is 4.52. The number of methoxy groups -OCH3 is 1. The maximum atomic E-state index is 14.0. The van der Waals surface area contributed by atoms with Crippen LogP contribution in [0, 0.1) is 0 Å². The lowest BCUT2D eigenvalue weighted by Gasteiger charge is -2.30. The summed E-state index contributed by atoms with van der Waals surface area (Å²) in [4.78, 5) is 11.7. The van der Waals surface area contributed by atoms with E-state index in [-0.39, 0.29) is 16.9 Å². The third kappa shape index (κ3) is 2.25. The number of alkyl halides is 2. The van der Waals surface area contributed by atoms with Crippen molar-refractivity contribution >= 4 is 5.97 Å². The summed E-state index contributed by atoms with van der Waals surface area (Å²) in [5, 5.41) is 9.59. The molecule has 1 N–H and O–H groups in total. The number of ether oxygens (including phenoxy) is 1. The molecule has 0 aliphatic heterocycles. The highest BCUT2D eigenvalue weighted by atomic mass is 19.3. The van der Waals surface area contributed by atoms with Gasteiger partial charge in [-0.2, -0.15) is 0 Å². The average Bonchev–Trinajstić information content (AvgIpc) is 2.87. The lowest BCUT2D eigenvalue weighted by molar-refractivity contribution is -0.143. The summed E-state index contributed by atoms with van der Waals surface area (Å²) in [5.74, 6) is -4.14. The Morgan fingerprint density at radius 3 is 2.40 bits per heavy atom. The molecule has 2 rings (SSSR count). The quantitative estimate of drug-likeness (QED) is 0.917. The first kappa shape index (κ1) is 14.8. The van der Waals surface area contributed by atoms with Crippen molar-refractivity contribution in [2.24, 2.45) is 0 Å². The number of rotatable bonds is 4. The van der Waals surface area contributed by atoms with Crippen molar-refractivity contribution in [3.8, 4) is 5.75 Å². The number of hydrogen-bond acceptors (Lipinski definition) is 2. The second kappa shape index (κ2) is 5.04. The van der Waals surface area contributed by atoms with E-state index in [1.54, 1.807) is 6.07 Å². The molecular formula is C15H18F2O3. The first-order chi connectivity index (χ1) is 9.33. The summed E-state index contributed by atoms with van der Waals surface area (Å²) < 4.78 is 33.0. The largest absolute Gasteiger partial charge is 0.496 e. The van der Waals surface area contributed by atoms with Crippen molar-refractivity contribution in [2.75, 3.05) is 7.11 Å². The molecule has 5 heteroatoms. The van der Waals surface area contributed by atoms with Crippen LogP contribution in [0.25, 0.3) is 0 Å². The predicted octanol–water partition coefficient (Wildman–Crippen LogP) is 3.70. The van der Waals surface area contributed by atoms with Gasteiger partial charge in [-0.05, 0) is 24.5 Å². The van der Waals surface area contributed by atoms with E-state index >= 15 is 0 Å². The van der Waals surface area contributed by atoms with Gasteiger partial charge < -0.3 is 9.84 Å². The second-order valence-corrected chi connectivity index (χ2v) is 5.37. The topological polar surface area (TPSA) is 46.5 Å². The molecule has 0 spiro atoms. The van der Waals surface area contributed by atoms with Crippen LogP contribution in [-0.2, 0) is 16.1 Å². The standard InChI is InChI=1S/C15H18F2O3/c1-14(16,17)12-10(6-5-7-11(12)20-2)15(13(18)19)8-3-4-9-15/h5-7H,3-4,8-9H2,1-2H3,(H,18,19). The van der Waals surface area contributed by atoms with E-state index in [0.717, 1.165) is 19.8 Å². The molecule has 1 aromatic rings. The smallest absolute Gasteiger partial charge is 0.314 e. The Hall–Kier alpha value is -1.65. The Bertz CT molecular complexity index is 514.